The van der Waals surface area contributed by atoms with Crippen molar-refractivity contribution in [2.45, 2.75) is 70.6 Å². The molecule has 0 amide bonds. The molecule has 0 saturated heterocycles. The predicted octanol–water partition coefficient (Wildman–Crippen LogP) is 9.38. The second-order valence-electron chi connectivity index (χ2n) is 10.6. The standard InChI is InChI=1S/C36H41F3O6/c1-3-5-6-7-8-9-10-25-43-33(36(37,38)39)23-26-44-34(40)29-17-21-32(22-18-29)45-35(41)30-13-11-27(12-14-30)28-15-19-31(20-16-28)42-24-4-2/h4,11-22,33H,2-3,5-10,23-26H2,1H3. The SMILES string of the molecule is C=CCOc1ccc(-c2ccc(C(=O)Oc3ccc(C(=O)OCCC(OCCCCCCCCC)C(F)(F)F)cc3)cc2)cc1. The van der Waals surface area contributed by atoms with Gasteiger partial charge >= 0.3 is 18.1 Å². The number of rotatable bonds is 19. The lowest BCUT2D eigenvalue weighted by molar-refractivity contribution is -0.224. The summed E-state index contributed by atoms with van der Waals surface area (Å²) in [7, 11) is 0. The number of carbonyl (C=O) groups is 2. The molecule has 3 aromatic carbocycles. The van der Waals surface area contributed by atoms with Crippen LogP contribution in [0.4, 0.5) is 13.2 Å². The van der Waals surface area contributed by atoms with E-state index in [0.29, 0.717) is 18.6 Å². The Balaban J connectivity index is 1.43. The van der Waals surface area contributed by atoms with Crippen LogP contribution in [0.5, 0.6) is 11.5 Å². The van der Waals surface area contributed by atoms with Gasteiger partial charge in [-0.05, 0) is 66.1 Å². The fourth-order valence-electron chi connectivity index (χ4n) is 4.49. The zero-order chi connectivity index (χ0) is 32.5. The Hall–Kier alpha value is -4.11. The number of halogens is 3. The van der Waals surface area contributed by atoms with E-state index >= 15 is 0 Å². The van der Waals surface area contributed by atoms with E-state index in [4.69, 9.17) is 18.9 Å². The van der Waals surface area contributed by atoms with Gasteiger partial charge in [0, 0.05) is 13.0 Å². The van der Waals surface area contributed by atoms with E-state index in [9.17, 15) is 22.8 Å². The van der Waals surface area contributed by atoms with Crippen LogP contribution in [0.25, 0.3) is 11.1 Å². The highest BCUT2D eigenvalue weighted by atomic mass is 19.4. The lowest BCUT2D eigenvalue weighted by atomic mass is 10.0. The van der Waals surface area contributed by atoms with Crippen LogP contribution < -0.4 is 9.47 Å². The van der Waals surface area contributed by atoms with Crippen molar-refractivity contribution in [2.24, 2.45) is 0 Å². The monoisotopic (exact) mass is 626 g/mol. The number of esters is 2. The van der Waals surface area contributed by atoms with Crippen LogP contribution >= 0.6 is 0 Å². The van der Waals surface area contributed by atoms with Gasteiger partial charge in [-0.15, -0.1) is 0 Å². The van der Waals surface area contributed by atoms with Crippen molar-refractivity contribution in [2.75, 3.05) is 19.8 Å². The summed E-state index contributed by atoms with van der Waals surface area (Å²) in [5.74, 6) is -0.435. The topological polar surface area (TPSA) is 71.1 Å². The van der Waals surface area contributed by atoms with Gasteiger partial charge in [-0.3, -0.25) is 0 Å². The van der Waals surface area contributed by atoms with E-state index in [-0.39, 0.29) is 17.9 Å². The van der Waals surface area contributed by atoms with Gasteiger partial charge in [0.15, 0.2) is 6.10 Å². The van der Waals surface area contributed by atoms with Gasteiger partial charge in [0.25, 0.3) is 0 Å². The van der Waals surface area contributed by atoms with Crippen molar-refractivity contribution in [3.8, 4) is 22.6 Å². The quantitative estimate of drug-likeness (QED) is 0.0572. The first-order valence-electron chi connectivity index (χ1n) is 15.3. The Morgan fingerprint density at radius 1 is 0.733 bits per heavy atom. The van der Waals surface area contributed by atoms with Gasteiger partial charge in [-0.2, -0.15) is 13.2 Å². The first kappa shape index (κ1) is 35.4. The van der Waals surface area contributed by atoms with Gasteiger partial charge in [0.2, 0.25) is 0 Å². The van der Waals surface area contributed by atoms with Crippen LogP contribution in [0.1, 0.15) is 79.0 Å². The van der Waals surface area contributed by atoms with Gasteiger partial charge in [0.1, 0.15) is 18.1 Å². The summed E-state index contributed by atoms with van der Waals surface area (Å²) in [6.45, 7) is 5.74. The van der Waals surface area contributed by atoms with Crippen molar-refractivity contribution in [3.63, 3.8) is 0 Å². The van der Waals surface area contributed by atoms with Gasteiger partial charge < -0.3 is 18.9 Å². The van der Waals surface area contributed by atoms with Crippen molar-refractivity contribution >= 4 is 11.9 Å². The molecule has 0 saturated carbocycles. The fourth-order valence-corrected chi connectivity index (χ4v) is 4.49. The molecule has 0 radical (unpaired) electrons. The first-order chi connectivity index (χ1) is 21.7. The van der Waals surface area contributed by atoms with Crippen LogP contribution in [-0.4, -0.2) is 44.0 Å². The van der Waals surface area contributed by atoms with Crippen LogP contribution in [0.15, 0.2) is 85.5 Å². The Bertz CT molecular complexity index is 1320. The molecule has 6 nitrogen and oxygen atoms in total. The third kappa shape index (κ3) is 12.4. The molecule has 45 heavy (non-hydrogen) atoms. The van der Waals surface area contributed by atoms with Crippen molar-refractivity contribution in [1.82, 2.24) is 0 Å². The van der Waals surface area contributed by atoms with E-state index in [1.807, 2.05) is 24.3 Å². The van der Waals surface area contributed by atoms with Crippen LogP contribution in [0.3, 0.4) is 0 Å². The highest BCUT2D eigenvalue weighted by Crippen LogP contribution is 2.27. The molecule has 9 heteroatoms. The molecule has 242 valence electrons. The van der Waals surface area contributed by atoms with E-state index in [0.717, 1.165) is 49.0 Å². The largest absolute Gasteiger partial charge is 0.490 e. The molecule has 1 unspecified atom stereocenters. The third-order valence-corrected chi connectivity index (χ3v) is 7.02. The summed E-state index contributed by atoms with van der Waals surface area (Å²) in [6.07, 6.45) is 1.52. The molecule has 1 atom stereocenters. The lowest BCUT2D eigenvalue weighted by Crippen LogP contribution is -2.33. The molecule has 0 fully saturated rings. The summed E-state index contributed by atoms with van der Waals surface area (Å²) in [5, 5.41) is 0. The Labute approximate surface area is 263 Å². The van der Waals surface area contributed by atoms with E-state index in [2.05, 4.69) is 13.5 Å². The number of unbranched alkanes of at least 4 members (excludes halogenated alkanes) is 6. The second kappa shape index (κ2) is 18.6. The van der Waals surface area contributed by atoms with Crippen molar-refractivity contribution < 1.29 is 41.7 Å². The Kier molecular flexibility index (Phi) is 14.7. The number of carbonyl (C=O) groups excluding carboxylic acids is 2. The van der Waals surface area contributed by atoms with Gasteiger partial charge in [-0.25, -0.2) is 9.59 Å². The van der Waals surface area contributed by atoms with E-state index in [1.165, 1.54) is 30.7 Å². The van der Waals surface area contributed by atoms with Crippen LogP contribution in [-0.2, 0) is 9.47 Å². The molecule has 0 aliphatic heterocycles. The summed E-state index contributed by atoms with van der Waals surface area (Å²) >= 11 is 0. The number of hydrogen-bond acceptors (Lipinski definition) is 6. The average Bonchev–Trinajstić information content (AvgIpc) is 3.04. The van der Waals surface area contributed by atoms with E-state index in [1.54, 1.807) is 30.3 Å². The lowest BCUT2D eigenvalue weighted by Gasteiger charge is -2.20. The normalized spacial score (nSPS) is 11.9. The molecule has 0 N–H and O–H groups in total. The Morgan fingerprint density at radius 3 is 1.87 bits per heavy atom. The van der Waals surface area contributed by atoms with Crippen LogP contribution in [0, 0.1) is 0 Å². The second-order valence-corrected chi connectivity index (χ2v) is 10.6. The predicted molar refractivity (Wildman–Crippen MR) is 168 cm³/mol. The molecule has 0 aliphatic carbocycles. The molecule has 0 heterocycles. The molecule has 0 aromatic heterocycles. The molecule has 0 spiro atoms. The minimum absolute atomic E-state index is 0.0105. The van der Waals surface area contributed by atoms with Crippen molar-refractivity contribution in [3.05, 3.63) is 96.6 Å². The number of benzene rings is 3. The smallest absolute Gasteiger partial charge is 0.414 e. The maximum Gasteiger partial charge on any atom is 0.414 e. The summed E-state index contributed by atoms with van der Waals surface area (Å²) < 4.78 is 61.2. The fraction of sp³-hybridized carbons (Fsp3) is 0.389. The average molecular weight is 627 g/mol. The minimum Gasteiger partial charge on any atom is -0.490 e. The highest BCUT2D eigenvalue weighted by molar-refractivity contribution is 5.92. The molecular weight excluding hydrogens is 585 g/mol. The van der Waals surface area contributed by atoms with Gasteiger partial charge in [-0.1, -0.05) is 82.4 Å². The molecule has 3 aromatic rings. The summed E-state index contributed by atoms with van der Waals surface area (Å²) in [5.41, 5.74) is 2.31. The molecule has 0 aliphatic rings. The maximum absolute atomic E-state index is 13.4. The van der Waals surface area contributed by atoms with Crippen LogP contribution in [0.2, 0.25) is 0 Å². The van der Waals surface area contributed by atoms with E-state index < -0.39 is 37.2 Å². The summed E-state index contributed by atoms with van der Waals surface area (Å²) in [4.78, 5) is 25.0. The maximum atomic E-state index is 13.4. The summed E-state index contributed by atoms with van der Waals surface area (Å²) in [6, 6.07) is 20.1. The zero-order valence-corrected chi connectivity index (χ0v) is 25.7. The zero-order valence-electron chi connectivity index (χ0n) is 25.7. The molecular formula is C36H41F3O6. The third-order valence-electron chi connectivity index (χ3n) is 7.02. The number of hydrogen-bond donors (Lipinski definition) is 0. The minimum atomic E-state index is -4.55. The number of alkyl halides is 3. The van der Waals surface area contributed by atoms with Crippen molar-refractivity contribution in [1.29, 1.82) is 0 Å². The molecule has 0 bridgehead atoms. The number of ether oxygens (including phenoxy) is 4. The van der Waals surface area contributed by atoms with Gasteiger partial charge in [0.05, 0.1) is 17.7 Å². The first-order valence-corrected chi connectivity index (χ1v) is 15.3. The Morgan fingerprint density at radius 2 is 1.27 bits per heavy atom. The highest BCUT2D eigenvalue weighted by Gasteiger charge is 2.40. The molecule has 3 rings (SSSR count).